The summed E-state index contributed by atoms with van der Waals surface area (Å²) < 4.78 is 1.36. The highest BCUT2D eigenvalue weighted by Gasteiger charge is 2.29. The molecular formula is C16H21N3S. The summed E-state index contributed by atoms with van der Waals surface area (Å²) in [5, 5.41) is 7.17. The summed E-state index contributed by atoms with van der Waals surface area (Å²) in [4.78, 5) is 7.13. The molecule has 4 heteroatoms. The second-order valence-electron chi connectivity index (χ2n) is 5.99. The summed E-state index contributed by atoms with van der Waals surface area (Å²) in [6.45, 7) is 3.54. The fourth-order valence-corrected chi connectivity index (χ4v) is 4.54. The smallest absolute Gasteiger partial charge is 0.137 e. The van der Waals surface area contributed by atoms with Crippen molar-refractivity contribution in [3.63, 3.8) is 0 Å². The van der Waals surface area contributed by atoms with Crippen LogP contribution in [0.3, 0.4) is 0 Å². The zero-order valence-corrected chi connectivity index (χ0v) is 12.5. The fourth-order valence-electron chi connectivity index (χ4n) is 3.76. The first kappa shape index (κ1) is 12.6. The summed E-state index contributed by atoms with van der Waals surface area (Å²) in [6, 6.07) is 5.12. The monoisotopic (exact) mass is 287 g/mol. The predicted octanol–water partition coefficient (Wildman–Crippen LogP) is 3.26. The van der Waals surface area contributed by atoms with Crippen molar-refractivity contribution in [2.75, 3.05) is 24.5 Å². The van der Waals surface area contributed by atoms with Crippen LogP contribution in [0.2, 0.25) is 0 Å². The van der Waals surface area contributed by atoms with Crippen molar-refractivity contribution in [1.82, 2.24) is 10.3 Å². The zero-order chi connectivity index (χ0) is 13.4. The Hall–Kier alpha value is -1.13. The van der Waals surface area contributed by atoms with Crippen LogP contribution in [0.15, 0.2) is 23.7 Å². The lowest BCUT2D eigenvalue weighted by Crippen LogP contribution is -2.41. The van der Waals surface area contributed by atoms with Gasteiger partial charge in [-0.15, -0.1) is 11.3 Å². The van der Waals surface area contributed by atoms with Gasteiger partial charge in [-0.1, -0.05) is 0 Å². The average Bonchev–Trinajstić information content (AvgIpc) is 3.18. The minimum Gasteiger partial charge on any atom is -0.356 e. The standard InChI is InChI=1S/C16H21N3S/c1-2-14(17-7-1)12-4-9-19(10-5-12)16-13-6-11-20-15(13)3-8-18-16/h3,6,8,11-12,14,17H,1-2,4-5,7,9-10H2. The van der Waals surface area contributed by atoms with E-state index in [0.717, 1.165) is 25.0 Å². The van der Waals surface area contributed by atoms with Gasteiger partial charge in [0.25, 0.3) is 0 Å². The van der Waals surface area contributed by atoms with Gasteiger partial charge in [0.1, 0.15) is 5.82 Å². The van der Waals surface area contributed by atoms with Crippen molar-refractivity contribution in [3.05, 3.63) is 23.7 Å². The third kappa shape index (κ3) is 2.21. The number of pyridine rings is 1. The second kappa shape index (κ2) is 5.34. The van der Waals surface area contributed by atoms with E-state index in [9.17, 15) is 0 Å². The molecule has 2 aromatic rings. The molecular weight excluding hydrogens is 266 g/mol. The average molecular weight is 287 g/mol. The molecule has 0 aliphatic carbocycles. The van der Waals surface area contributed by atoms with Gasteiger partial charge in [0.15, 0.2) is 0 Å². The molecule has 2 fully saturated rings. The number of nitrogens with zero attached hydrogens (tertiary/aromatic N) is 2. The molecule has 2 aromatic heterocycles. The number of hydrogen-bond donors (Lipinski definition) is 1. The van der Waals surface area contributed by atoms with Crippen LogP contribution in [0.25, 0.3) is 10.1 Å². The number of rotatable bonds is 2. The number of thiophene rings is 1. The van der Waals surface area contributed by atoms with Crippen LogP contribution in [-0.2, 0) is 0 Å². The van der Waals surface area contributed by atoms with E-state index >= 15 is 0 Å². The Labute approximate surface area is 124 Å². The number of aromatic nitrogens is 1. The zero-order valence-electron chi connectivity index (χ0n) is 11.7. The Morgan fingerprint density at radius 3 is 2.90 bits per heavy atom. The summed E-state index contributed by atoms with van der Waals surface area (Å²) in [6.07, 6.45) is 7.31. The molecule has 20 heavy (non-hydrogen) atoms. The van der Waals surface area contributed by atoms with Crippen molar-refractivity contribution in [1.29, 1.82) is 0 Å². The van der Waals surface area contributed by atoms with Crippen molar-refractivity contribution in [2.45, 2.75) is 31.7 Å². The third-order valence-electron chi connectivity index (χ3n) is 4.87. The van der Waals surface area contributed by atoms with Crippen LogP contribution in [0.1, 0.15) is 25.7 Å². The molecule has 1 atom stereocenters. The number of piperidine rings is 1. The minimum atomic E-state index is 0.780. The first-order chi connectivity index (χ1) is 9.92. The van der Waals surface area contributed by atoms with Crippen LogP contribution < -0.4 is 10.2 Å². The molecule has 2 aliphatic rings. The van der Waals surface area contributed by atoms with E-state index in [2.05, 4.69) is 32.7 Å². The maximum Gasteiger partial charge on any atom is 0.137 e. The molecule has 4 heterocycles. The fraction of sp³-hybridized carbons (Fsp3) is 0.562. The van der Waals surface area contributed by atoms with Gasteiger partial charge in [-0.25, -0.2) is 4.98 Å². The molecule has 2 aliphatic heterocycles. The van der Waals surface area contributed by atoms with E-state index in [-0.39, 0.29) is 0 Å². The van der Waals surface area contributed by atoms with Crippen molar-refractivity contribution < 1.29 is 0 Å². The number of anilines is 1. The molecule has 0 bridgehead atoms. The van der Waals surface area contributed by atoms with Gasteiger partial charge in [0.2, 0.25) is 0 Å². The number of fused-ring (bicyclic) bond motifs is 1. The Balaban J connectivity index is 1.50. The van der Waals surface area contributed by atoms with Crippen LogP contribution in [0.4, 0.5) is 5.82 Å². The molecule has 0 amide bonds. The summed E-state index contributed by atoms with van der Waals surface area (Å²) in [7, 11) is 0. The molecule has 106 valence electrons. The van der Waals surface area contributed by atoms with Gasteiger partial charge in [-0.2, -0.15) is 0 Å². The minimum absolute atomic E-state index is 0.780. The van der Waals surface area contributed by atoms with Gasteiger partial charge in [-0.3, -0.25) is 0 Å². The predicted molar refractivity (Wildman–Crippen MR) is 85.6 cm³/mol. The molecule has 4 rings (SSSR count). The molecule has 0 spiro atoms. The van der Waals surface area contributed by atoms with Crippen molar-refractivity contribution in [3.8, 4) is 0 Å². The van der Waals surface area contributed by atoms with Crippen molar-refractivity contribution in [2.24, 2.45) is 5.92 Å². The highest BCUT2D eigenvalue weighted by molar-refractivity contribution is 7.17. The Morgan fingerprint density at radius 1 is 1.20 bits per heavy atom. The van der Waals surface area contributed by atoms with Crippen LogP contribution in [0, 0.1) is 5.92 Å². The maximum atomic E-state index is 4.64. The second-order valence-corrected chi connectivity index (χ2v) is 6.94. The summed E-state index contributed by atoms with van der Waals surface area (Å²) >= 11 is 1.81. The van der Waals surface area contributed by atoms with E-state index in [1.807, 2.05) is 17.5 Å². The van der Waals surface area contributed by atoms with Gasteiger partial charge < -0.3 is 10.2 Å². The highest BCUT2D eigenvalue weighted by Crippen LogP contribution is 2.32. The SMILES string of the molecule is c1cc2sccc2c(N2CCC(C3CCCN3)CC2)n1. The molecule has 0 aromatic carbocycles. The summed E-state index contributed by atoms with van der Waals surface area (Å²) in [5.74, 6) is 2.07. The number of hydrogen-bond acceptors (Lipinski definition) is 4. The lowest BCUT2D eigenvalue weighted by atomic mass is 9.88. The highest BCUT2D eigenvalue weighted by atomic mass is 32.1. The van der Waals surface area contributed by atoms with Crippen LogP contribution in [-0.4, -0.2) is 30.7 Å². The summed E-state index contributed by atoms with van der Waals surface area (Å²) in [5.41, 5.74) is 0. The molecule has 1 N–H and O–H groups in total. The largest absolute Gasteiger partial charge is 0.356 e. The van der Waals surface area contributed by atoms with Gasteiger partial charge in [-0.05, 0) is 55.7 Å². The van der Waals surface area contributed by atoms with Crippen LogP contribution in [0.5, 0.6) is 0 Å². The normalized spacial score (nSPS) is 24.6. The molecule has 1 unspecified atom stereocenters. The van der Waals surface area contributed by atoms with Gasteiger partial charge in [0, 0.05) is 35.4 Å². The first-order valence-corrected chi connectivity index (χ1v) is 8.60. The molecule has 0 radical (unpaired) electrons. The van der Waals surface area contributed by atoms with Gasteiger partial charge >= 0.3 is 0 Å². The number of nitrogens with one attached hydrogen (secondary N) is 1. The molecule has 0 saturated carbocycles. The quantitative estimate of drug-likeness (QED) is 0.919. The van der Waals surface area contributed by atoms with Crippen molar-refractivity contribution >= 4 is 27.2 Å². The lowest BCUT2D eigenvalue weighted by Gasteiger charge is -2.35. The van der Waals surface area contributed by atoms with Gasteiger partial charge in [0.05, 0.1) is 0 Å². The lowest BCUT2D eigenvalue weighted by molar-refractivity contribution is 0.318. The van der Waals surface area contributed by atoms with Crippen LogP contribution >= 0.6 is 11.3 Å². The maximum absolute atomic E-state index is 4.64. The van der Waals surface area contributed by atoms with E-state index in [0.29, 0.717) is 0 Å². The topological polar surface area (TPSA) is 28.2 Å². The first-order valence-electron chi connectivity index (χ1n) is 7.72. The van der Waals surface area contributed by atoms with E-state index in [1.54, 1.807) is 0 Å². The third-order valence-corrected chi connectivity index (χ3v) is 5.75. The van der Waals surface area contributed by atoms with E-state index in [4.69, 9.17) is 0 Å². The Morgan fingerprint density at radius 2 is 2.10 bits per heavy atom. The molecule has 3 nitrogen and oxygen atoms in total. The molecule has 2 saturated heterocycles. The van der Waals surface area contributed by atoms with E-state index < -0.39 is 0 Å². The van der Waals surface area contributed by atoms with E-state index in [1.165, 1.54) is 48.1 Å². The Bertz CT molecular complexity index is 580. The Kier molecular flexibility index (Phi) is 3.36.